The van der Waals surface area contributed by atoms with Gasteiger partial charge in [-0.15, -0.1) is 12.4 Å². The van der Waals surface area contributed by atoms with Crippen LogP contribution in [0.25, 0.3) is 0 Å². The number of rotatable bonds is 2. The lowest BCUT2D eigenvalue weighted by molar-refractivity contribution is -0.134. The molecular weight excluding hydrogens is 280 g/mol. The number of nitrogens with one attached hydrogen (secondary N) is 1. The molecule has 1 amide bonds. The lowest BCUT2D eigenvalue weighted by atomic mass is 10.2. The maximum Gasteiger partial charge on any atom is 0.277 e. The summed E-state index contributed by atoms with van der Waals surface area (Å²) in [7, 11) is -3.61. The summed E-state index contributed by atoms with van der Waals surface area (Å²) in [6.07, 6.45) is 1.89. The first-order valence-corrected chi connectivity index (χ1v) is 7.29. The van der Waals surface area contributed by atoms with Gasteiger partial charge in [0.15, 0.2) is 0 Å². The smallest absolute Gasteiger partial charge is 0.277 e. The van der Waals surface area contributed by atoms with Crippen LogP contribution in [-0.2, 0) is 15.0 Å². The Bertz CT molecular complexity index is 389. The fraction of sp³-hybridized carbons (Fsp3) is 0.889. The average molecular weight is 299 g/mol. The number of hydrogen-bond donors (Lipinski definition) is 2. The molecule has 0 aromatic rings. The molecule has 2 rings (SSSR count). The van der Waals surface area contributed by atoms with Gasteiger partial charge in [0.2, 0.25) is 5.91 Å². The second kappa shape index (κ2) is 6.16. The molecule has 0 spiro atoms. The molecular formula is C9H19ClN4O3S. The summed E-state index contributed by atoms with van der Waals surface area (Å²) in [5.41, 5.74) is 0. The molecule has 2 fully saturated rings. The van der Waals surface area contributed by atoms with Gasteiger partial charge in [-0.1, -0.05) is 0 Å². The highest BCUT2D eigenvalue weighted by molar-refractivity contribution is 7.86. The van der Waals surface area contributed by atoms with Crippen molar-refractivity contribution >= 4 is 28.5 Å². The molecule has 2 heterocycles. The molecule has 1 atom stereocenters. The highest BCUT2D eigenvalue weighted by atomic mass is 35.5. The topological polar surface area (TPSA) is 95.7 Å². The highest BCUT2D eigenvalue weighted by Crippen LogP contribution is 2.11. The zero-order valence-corrected chi connectivity index (χ0v) is 11.7. The molecule has 0 aliphatic carbocycles. The monoisotopic (exact) mass is 298 g/mol. The van der Waals surface area contributed by atoms with E-state index in [1.807, 2.05) is 0 Å². The fourth-order valence-corrected chi connectivity index (χ4v) is 2.95. The largest absolute Gasteiger partial charge is 0.339 e. The fourth-order valence-electron chi connectivity index (χ4n) is 2.28. The van der Waals surface area contributed by atoms with E-state index < -0.39 is 10.2 Å². The van der Waals surface area contributed by atoms with Gasteiger partial charge in [0, 0.05) is 26.2 Å². The maximum atomic E-state index is 12.0. The van der Waals surface area contributed by atoms with Gasteiger partial charge >= 0.3 is 0 Å². The van der Waals surface area contributed by atoms with Crippen molar-refractivity contribution in [3.8, 4) is 0 Å². The molecule has 9 heteroatoms. The van der Waals surface area contributed by atoms with E-state index in [4.69, 9.17) is 5.14 Å². The van der Waals surface area contributed by atoms with E-state index in [0.29, 0.717) is 13.1 Å². The van der Waals surface area contributed by atoms with Crippen molar-refractivity contribution in [2.45, 2.75) is 18.9 Å². The van der Waals surface area contributed by atoms with E-state index >= 15 is 0 Å². The van der Waals surface area contributed by atoms with Gasteiger partial charge in [-0.2, -0.15) is 12.7 Å². The first-order valence-electron chi connectivity index (χ1n) is 5.78. The molecule has 2 saturated heterocycles. The Hall–Kier alpha value is -0.410. The Morgan fingerprint density at radius 1 is 1.22 bits per heavy atom. The van der Waals surface area contributed by atoms with Gasteiger partial charge in [-0.05, 0) is 19.4 Å². The zero-order chi connectivity index (χ0) is 12.5. The second-order valence-corrected chi connectivity index (χ2v) is 5.96. The summed E-state index contributed by atoms with van der Waals surface area (Å²) in [6, 6.07) is -0.0870. The summed E-state index contributed by atoms with van der Waals surface area (Å²) in [5, 5.41) is 8.18. The number of nitrogens with two attached hydrogens (primary N) is 1. The van der Waals surface area contributed by atoms with Crippen LogP contribution in [0.5, 0.6) is 0 Å². The minimum absolute atomic E-state index is 0. The Kier molecular flexibility index (Phi) is 5.35. The van der Waals surface area contributed by atoms with Gasteiger partial charge in [-0.3, -0.25) is 4.79 Å². The lowest BCUT2D eigenvalue weighted by Gasteiger charge is -2.34. The molecule has 106 valence electrons. The van der Waals surface area contributed by atoms with Crippen LogP contribution < -0.4 is 10.5 Å². The predicted octanol–water partition coefficient (Wildman–Crippen LogP) is -1.49. The molecule has 18 heavy (non-hydrogen) atoms. The van der Waals surface area contributed by atoms with Gasteiger partial charge < -0.3 is 10.2 Å². The predicted molar refractivity (Wildman–Crippen MR) is 69.5 cm³/mol. The van der Waals surface area contributed by atoms with E-state index in [1.165, 1.54) is 4.31 Å². The van der Waals surface area contributed by atoms with Crippen molar-refractivity contribution in [2.24, 2.45) is 5.14 Å². The number of halogens is 1. The minimum atomic E-state index is -3.61. The van der Waals surface area contributed by atoms with Crippen molar-refractivity contribution in [3.63, 3.8) is 0 Å². The van der Waals surface area contributed by atoms with Gasteiger partial charge in [-0.25, -0.2) is 5.14 Å². The third-order valence-electron chi connectivity index (χ3n) is 3.27. The van der Waals surface area contributed by atoms with Crippen LogP contribution in [0.1, 0.15) is 12.8 Å². The SMILES string of the molecule is Cl.NS(=O)(=O)N1CCN(C(=O)[C@@H]2CCCN2)CC1. The Balaban J connectivity index is 0.00000162. The standard InChI is InChI=1S/C9H18N4O3S.ClH/c10-17(15,16)13-6-4-12(5-7-13)9(14)8-2-1-3-11-8;/h8,11H,1-7H2,(H2,10,15,16);1H/t8-;/m0./s1. The van der Waals surface area contributed by atoms with Crippen LogP contribution in [-0.4, -0.2) is 62.3 Å². The zero-order valence-electron chi connectivity index (χ0n) is 10.0. The van der Waals surface area contributed by atoms with Crippen LogP contribution >= 0.6 is 12.4 Å². The quantitative estimate of drug-likeness (QED) is 0.649. The van der Waals surface area contributed by atoms with Crippen LogP contribution in [0.3, 0.4) is 0 Å². The normalized spacial score (nSPS) is 25.8. The Morgan fingerprint density at radius 2 is 1.83 bits per heavy atom. The third kappa shape index (κ3) is 3.55. The molecule has 0 unspecified atom stereocenters. The van der Waals surface area contributed by atoms with E-state index in [9.17, 15) is 13.2 Å². The molecule has 7 nitrogen and oxygen atoms in total. The molecule has 0 radical (unpaired) electrons. The number of amides is 1. The van der Waals surface area contributed by atoms with Gasteiger partial charge in [0.25, 0.3) is 10.2 Å². The second-order valence-electron chi connectivity index (χ2n) is 4.42. The number of piperazine rings is 1. The molecule has 2 aliphatic rings. The summed E-state index contributed by atoms with van der Waals surface area (Å²) in [5.74, 6) is 0.0802. The molecule has 0 aromatic carbocycles. The number of carbonyl (C=O) groups is 1. The summed E-state index contributed by atoms with van der Waals surface area (Å²) in [6.45, 7) is 2.31. The van der Waals surface area contributed by atoms with Crippen LogP contribution in [0.15, 0.2) is 0 Å². The van der Waals surface area contributed by atoms with Crippen LogP contribution in [0.4, 0.5) is 0 Å². The first kappa shape index (κ1) is 15.6. The molecule has 2 aliphatic heterocycles. The van der Waals surface area contributed by atoms with Crippen molar-refractivity contribution in [2.75, 3.05) is 32.7 Å². The third-order valence-corrected chi connectivity index (χ3v) is 4.35. The lowest BCUT2D eigenvalue weighted by Crippen LogP contribution is -2.55. The van der Waals surface area contributed by atoms with E-state index in [0.717, 1.165) is 19.4 Å². The highest BCUT2D eigenvalue weighted by Gasteiger charge is 2.31. The van der Waals surface area contributed by atoms with Crippen molar-refractivity contribution in [1.82, 2.24) is 14.5 Å². The van der Waals surface area contributed by atoms with Gasteiger partial charge in [0.1, 0.15) is 0 Å². The first-order chi connectivity index (χ1) is 7.98. The molecule has 0 aromatic heterocycles. The Morgan fingerprint density at radius 3 is 2.28 bits per heavy atom. The summed E-state index contributed by atoms with van der Waals surface area (Å²) in [4.78, 5) is 13.7. The summed E-state index contributed by atoms with van der Waals surface area (Å²) >= 11 is 0. The van der Waals surface area contributed by atoms with Crippen molar-refractivity contribution in [1.29, 1.82) is 0 Å². The number of carbonyl (C=O) groups excluding carboxylic acids is 1. The maximum absolute atomic E-state index is 12.0. The molecule has 0 saturated carbocycles. The van der Waals surface area contributed by atoms with E-state index in [2.05, 4.69) is 5.32 Å². The van der Waals surface area contributed by atoms with Crippen molar-refractivity contribution < 1.29 is 13.2 Å². The van der Waals surface area contributed by atoms with Crippen molar-refractivity contribution in [3.05, 3.63) is 0 Å². The Labute approximate surface area is 113 Å². The summed E-state index contributed by atoms with van der Waals surface area (Å²) < 4.78 is 23.4. The molecule has 3 N–H and O–H groups in total. The number of hydrogen-bond acceptors (Lipinski definition) is 4. The number of nitrogens with zero attached hydrogens (tertiary/aromatic N) is 2. The van der Waals surface area contributed by atoms with Gasteiger partial charge in [0.05, 0.1) is 6.04 Å². The average Bonchev–Trinajstić information content (AvgIpc) is 2.80. The van der Waals surface area contributed by atoms with E-state index in [-0.39, 0.29) is 37.4 Å². The molecule has 0 bridgehead atoms. The van der Waals surface area contributed by atoms with Crippen LogP contribution in [0.2, 0.25) is 0 Å². The van der Waals surface area contributed by atoms with Crippen LogP contribution in [0, 0.1) is 0 Å². The minimum Gasteiger partial charge on any atom is -0.339 e. The van der Waals surface area contributed by atoms with E-state index in [1.54, 1.807) is 4.90 Å².